The van der Waals surface area contributed by atoms with Crippen LogP contribution in [0.2, 0.25) is 0 Å². The van der Waals surface area contributed by atoms with Crippen molar-refractivity contribution in [1.29, 1.82) is 0 Å². The molecule has 0 aromatic carbocycles. The molecule has 100 valence electrons. The van der Waals surface area contributed by atoms with Crippen molar-refractivity contribution < 1.29 is 9.84 Å². The molecule has 2 rings (SSSR count). The number of aromatic nitrogens is 2. The van der Waals surface area contributed by atoms with Crippen LogP contribution < -0.4 is 15.8 Å². The molecule has 1 saturated carbocycles. The zero-order valence-corrected chi connectivity index (χ0v) is 10.6. The first kappa shape index (κ1) is 12.9. The van der Waals surface area contributed by atoms with Crippen molar-refractivity contribution in [3.8, 4) is 5.88 Å². The average Bonchev–Trinajstić information content (AvgIpc) is 2.84. The fourth-order valence-electron chi connectivity index (χ4n) is 2.36. The number of anilines is 2. The normalized spacial score (nSPS) is 17.7. The molecule has 6 heteroatoms. The van der Waals surface area contributed by atoms with Gasteiger partial charge in [-0.05, 0) is 19.8 Å². The third kappa shape index (κ3) is 2.48. The van der Waals surface area contributed by atoms with Gasteiger partial charge in [0.25, 0.3) is 0 Å². The van der Waals surface area contributed by atoms with Crippen LogP contribution in [0.15, 0.2) is 6.33 Å². The highest BCUT2D eigenvalue weighted by Crippen LogP contribution is 2.35. The van der Waals surface area contributed by atoms with Crippen molar-refractivity contribution in [2.45, 2.75) is 38.1 Å². The fourth-order valence-corrected chi connectivity index (χ4v) is 2.36. The molecule has 1 aromatic rings. The second-order valence-corrected chi connectivity index (χ2v) is 4.64. The van der Waals surface area contributed by atoms with Gasteiger partial charge in [0.15, 0.2) is 5.82 Å². The molecule has 0 atom stereocenters. The zero-order valence-electron chi connectivity index (χ0n) is 10.6. The molecule has 1 heterocycles. The van der Waals surface area contributed by atoms with Gasteiger partial charge in [0.2, 0.25) is 5.88 Å². The van der Waals surface area contributed by atoms with E-state index in [0.29, 0.717) is 24.0 Å². The van der Waals surface area contributed by atoms with Crippen LogP contribution in [0.3, 0.4) is 0 Å². The standard InChI is InChI=1S/C12H20N4O2/c1-2-18-11-9(13)10(14-8-15-11)16-12(7-17)5-3-4-6-12/h8,17H,2-7,13H2,1H3,(H,14,15,16). The van der Waals surface area contributed by atoms with Crippen LogP contribution >= 0.6 is 0 Å². The summed E-state index contributed by atoms with van der Waals surface area (Å²) in [7, 11) is 0. The van der Waals surface area contributed by atoms with Crippen LogP contribution in [-0.2, 0) is 0 Å². The summed E-state index contributed by atoms with van der Waals surface area (Å²) in [6.07, 6.45) is 5.49. The molecule has 0 radical (unpaired) electrons. The lowest BCUT2D eigenvalue weighted by molar-refractivity contribution is 0.214. The Morgan fingerprint density at radius 2 is 2.17 bits per heavy atom. The molecule has 0 aliphatic heterocycles. The number of hydrogen-bond acceptors (Lipinski definition) is 6. The second kappa shape index (κ2) is 5.39. The first-order valence-electron chi connectivity index (χ1n) is 6.33. The predicted molar refractivity (Wildman–Crippen MR) is 69.5 cm³/mol. The molecular formula is C12H20N4O2. The van der Waals surface area contributed by atoms with Gasteiger partial charge in [-0.3, -0.25) is 0 Å². The Labute approximate surface area is 107 Å². The largest absolute Gasteiger partial charge is 0.476 e. The molecule has 0 bridgehead atoms. The lowest BCUT2D eigenvalue weighted by Gasteiger charge is -2.29. The van der Waals surface area contributed by atoms with E-state index in [1.807, 2.05) is 6.92 Å². The van der Waals surface area contributed by atoms with Crippen LogP contribution in [0.4, 0.5) is 11.5 Å². The predicted octanol–water partition coefficient (Wildman–Crippen LogP) is 1.17. The highest BCUT2D eigenvalue weighted by atomic mass is 16.5. The van der Waals surface area contributed by atoms with Crippen molar-refractivity contribution >= 4 is 11.5 Å². The monoisotopic (exact) mass is 252 g/mol. The molecule has 1 fully saturated rings. The third-order valence-electron chi connectivity index (χ3n) is 3.38. The SMILES string of the molecule is CCOc1ncnc(NC2(CO)CCCC2)c1N. The van der Waals surface area contributed by atoms with Gasteiger partial charge in [-0.25, -0.2) is 4.98 Å². The van der Waals surface area contributed by atoms with E-state index >= 15 is 0 Å². The first-order chi connectivity index (χ1) is 8.71. The summed E-state index contributed by atoms with van der Waals surface area (Å²) in [6.45, 7) is 2.47. The molecule has 1 aliphatic rings. The van der Waals surface area contributed by atoms with Gasteiger partial charge in [0.05, 0.1) is 18.8 Å². The van der Waals surface area contributed by atoms with Gasteiger partial charge in [0.1, 0.15) is 12.0 Å². The molecule has 1 aromatic heterocycles. The Morgan fingerprint density at radius 3 is 2.78 bits per heavy atom. The number of ether oxygens (including phenoxy) is 1. The molecule has 0 unspecified atom stereocenters. The number of hydrogen-bond donors (Lipinski definition) is 3. The Hall–Kier alpha value is -1.56. The molecule has 4 N–H and O–H groups in total. The smallest absolute Gasteiger partial charge is 0.242 e. The number of aliphatic hydroxyl groups is 1. The van der Waals surface area contributed by atoms with Crippen molar-refractivity contribution in [1.82, 2.24) is 9.97 Å². The number of rotatable bonds is 5. The highest BCUT2D eigenvalue weighted by molar-refractivity contribution is 5.67. The summed E-state index contributed by atoms with van der Waals surface area (Å²) in [5.74, 6) is 0.936. The zero-order chi connectivity index (χ0) is 13.0. The second-order valence-electron chi connectivity index (χ2n) is 4.64. The van der Waals surface area contributed by atoms with Crippen LogP contribution in [0, 0.1) is 0 Å². The molecular weight excluding hydrogens is 232 g/mol. The summed E-state index contributed by atoms with van der Waals surface area (Å²) in [4.78, 5) is 8.13. The molecule has 1 aliphatic carbocycles. The van der Waals surface area contributed by atoms with E-state index in [0.717, 1.165) is 25.7 Å². The number of nitrogens with zero attached hydrogens (tertiary/aromatic N) is 2. The van der Waals surface area contributed by atoms with Gasteiger partial charge >= 0.3 is 0 Å². The maximum Gasteiger partial charge on any atom is 0.242 e. The van der Waals surface area contributed by atoms with Crippen LogP contribution in [0.25, 0.3) is 0 Å². The summed E-state index contributed by atoms with van der Waals surface area (Å²) in [5, 5.41) is 12.8. The Balaban J connectivity index is 2.20. The Morgan fingerprint density at radius 1 is 1.44 bits per heavy atom. The summed E-state index contributed by atoms with van der Waals surface area (Å²) in [6, 6.07) is 0. The quantitative estimate of drug-likeness (QED) is 0.728. The fraction of sp³-hybridized carbons (Fsp3) is 0.667. The van der Waals surface area contributed by atoms with Crippen molar-refractivity contribution in [3.05, 3.63) is 6.33 Å². The van der Waals surface area contributed by atoms with Crippen LogP contribution in [0.1, 0.15) is 32.6 Å². The van der Waals surface area contributed by atoms with Gasteiger partial charge in [-0.2, -0.15) is 4.98 Å². The minimum atomic E-state index is -0.300. The van der Waals surface area contributed by atoms with Gasteiger partial charge in [-0.1, -0.05) is 12.8 Å². The summed E-state index contributed by atoms with van der Waals surface area (Å²) < 4.78 is 5.33. The molecule has 6 nitrogen and oxygen atoms in total. The van der Waals surface area contributed by atoms with Gasteiger partial charge in [0, 0.05) is 0 Å². The number of nitrogens with two attached hydrogens (primary N) is 1. The van der Waals surface area contributed by atoms with E-state index in [1.165, 1.54) is 6.33 Å². The average molecular weight is 252 g/mol. The van der Waals surface area contributed by atoms with E-state index in [1.54, 1.807) is 0 Å². The van der Waals surface area contributed by atoms with E-state index in [4.69, 9.17) is 10.5 Å². The molecule has 18 heavy (non-hydrogen) atoms. The maximum absolute atomic E-state index is 9.56. The number of nitrogen functional groups attached to an aromatic ring is 1. The van der Waals surface area contributed by atoms with Gasteiger partial charge in [-0.15, -0.1) is 0 Å². The van der Waals surface area contributed by atoms with E-state index in [2.05, 4.69) is 15.3 Å². The van der Waals surface area contributed by atoms with Gasteiger partial charge < -0.3 is 20.9 Å². The first-order valence-corrected chi connectivity index (χ1v) is 6.33. The molecule has 0 saturated heterocycles. The number of nitrogens with one attached hydrogen (secondary N) is 1. The molecule has 0 spiro atoms. The Kier molecular flexibility index (Phi) is 3.86. The minimum absolute atomic E-state index is 0.0837. The molecule has 0 amide bonds. The van der Waals surface area contributed by atoms with E-state index in [-0.39, 0.29) is 12.1 Å². The van der Waals surface area contributed by atoms with Crippen molar-refractivity contribution in [2.75, 3.05) is 24.3 Å². The summed E-state index contributed by atoms with van der Waals surface area (Å²) in [5.41, 5.74) is 6.07. The van der Waals surface area contributed by atoms with Crippen molar-refractivity contribution in [3.63, 3.8) is 0 Å². The Bertz CT molecular complexity index is 405. The summed E-state index contributed by atoms with van der Waals surface area (Å²) >= 11 is 0. The lowest BCUT2D eigenvalue weighted by Crippen LogP contribution is -2.39. The third-order valence-corrected chi connectivity index (χ3v) is 3.38. The van der Waals surface area contributed by atoms with E-state index < -0.39 is 0 Å². The van der Waals surface area contributed by atoms with E-state index in [9.17, 15) is 5.11 Å². The minimum Gasteiger partial charge on any atom is -0.476 e. The maximum atomic E-state index is 9.56. The highest BCUT2D eigenvalue weighted by Gasteiger charge is 2.34. The van der Waals surface area contributed by atoms with Crippen molar-refractivity contribution in [2.24, 2.45) is 0 Å². The van der Waals surface area contributed by atoms with Crippen LogP contribution in [-0.4, -0.2) is 33.8 Å². The number of aliphatic hydroxyl groups excluding tert-OH is 1. The topological polar surface area (TPSA) is 93.3 Å². The lowest BCUT2D eigenvalue weighted by atomic mass is 9.99. The van der Waals surface area contributed by atoms with Crippen LogP contribution in [0.5, 0.6) is 5.88 Å².